The Labute approximate surface area is 160 Å². The van der Waals surface area contributed by atoms with Gasteiger partial charge in [-0.05, 0) is 30.5 Å². The van der Waals surface area contributed by atoms with E-state index in [2.05, 4.69) is 17.6 Å². The molecule has 1 aromatic rings. The van der Waals surface area contributed by atoms with E-state index in [0.717, 1.165) is 37.7 Å². The zero-order chi connectivity index (χ0) is 20.1. The van der Waals surface area contributed by atoms with Crippen LogP contribution in [-0.2, 0) is 20.8 Å². The maximum atomic E-state index is 12.0. The molecule has 1 unspecified atom stereocenters. The second kappa shape index (κ2) is 12.7. The Morgan fingerprint density at radius 2 is 1.85 bits per heavy atom. The summed E-state index contributed by atoms with van der Waals surface area (Å²) in [4.78, 5) is 35.5. The summed E-state index contributed by atoms with van der Waals surface area (Å²) in [6.07, 6.45) is 5.79. The van der Waals surface area contributed by atoms with Gasteiger partial charge in [0.15, 0.2) is 0 Å². The zero-order valence-electron chi connectivity index (χ0n) is 16.0. The number of phenolic OH excluding ortho intramolecular Hbond substituents is 1. The van der Waals surface area contributed by atoms with E-state index in [0.29, 0.717) is 19.4 Å². The van der Waals surface area contributed by atoms with E-state index in [1.807, 2.05) is 6.07 Å². The number of carbonyl (C=O) groups excluding carboxylic acids is 3. The van der Waals surface area contributed by atoms with E-state index in [1.54, 1.807) is 18.2 Å². The summed E-state index contributed by atoms with van der Waals surface area (Å²) < 4.78 is 0. The predicted molar refractivity (Wildman–Crippen MR) is 104 cm³/mol. The molecule has 0 fully saturated rings. The molecular weight excluding hydrogens is 346 g/mol. The van der Waals surface area contributed by atoms with Crippen molar-refractivity contribution >= 4 is 17.7 Å². The van der Waals surface area contributed by atoms with Gasteiger partial charge >= 0.3 is 0 Å². The maximum Gasteiger partial charge on any atom is 0.240 e. The summed E-state index contributed by atoms with van der Waals surface area (Å²) in [5.41, 5.74) is 6.19. The van der Waals surface area contributed by atoms with Crippen LogP contribution in [0.5, 0.6) is 5.75 Å². The quantitative estimate of drug-likeness (QED) is 0.391. The number of amides is 3. The van der Waals surface area contributed by atoms with Crippen molar-refractivity contribution in [2.45, 2.75) is 64.3 Å². The van der Waals surface area contributed by atoms with Crippen molar-refractivity contribution < 1.29 is 19.5 Å². The monoisotopic (exact) mass is 377 g/mol. The number of nitrogens with two attached hydrogens (primary N) is 1. The minimum atomic E-state index is -1.01. The lowest BCUT2D eigenvalue weighted by atomic mass is 10.1. The number of aromatic hydroxyl groups is 1. The van der Waals surface area contributed by atoms with Gasteiger partial charge in [0.2, 0.25) is 17.7 Å². The molecule has 0 aliphatic heterocycles. The van der Waals surface area contributed by atoms with E-state index >= 15 is 0 Å². The van der Waals surface area contributed by atoms with Gasteiger partial charge in [-0.15, -0.1) is 0 Å². The van der Waals surface area contributed by atoms with Crippen molar-refractivity contribution in [2.24, 2.45) is 5.73 Å². The number of nitrogens with one attached hydrogen (secondary N) is 2. The molecule has 150 valence electrons. The van der Waals surface area contributed by atoms with Gasteiger partial charge in [0, 0.05) is 13.0 Å². The van der Waals surface area contributed by atoms with Crippen molar-refractivity contribution in [1.82, 2.24) is 10.6 Å². The van der Waals surface area contributed by atoms with Gasteiger partial charge in [0.05, 0.1) is 6.42 Å². The van der Waals surface area contributed by atoms with Gasteiger partial charge in [-0.1, -0.05) is 44.7 Å². The van der Waals surface area contributed by atoms with Crippen LogP contribution < -0.4 is 16.4 Å². The second-order valence-electron chi connectivity index (χ2n) is 6.66. The van der Waals surface area contributed by atoms with Crippen LogP contribution in [0.25, 0.3) is 0 Å². The van der Waals surface area contributed by atoms with Crippen LogP contribution in [0.3, 0.4) is 0 Å². The average Bonchev–Trinajstić information content (AvgIpc) is 2.61. The van der Waals surface area contributed by atoms with E-state index in [1.165, 1.54) is 0 Å². The number of carbonyl (C=O) groups is 3. The molecule has 0 aromatic heterocycles. The topological polar surface area (TPSA) is 122 Å². The summed E-state index contributed by atoms with van der Waals surface area (Å²) in [6, 6.07) is 5.77. The molecule has 7 nitrogen and oxygen atoms in total. The molecule has 27 heavy (non-hydrogen) atoms. The predicted octanol–water partition coefficient (Wildman–Crippen LogP) is 1.77. The van der Waals surface area contributed by atoms with Gasteiger partial charge < -0.3 is 21.5 Å². The van der Waals surface area contributed by atoms with Crippen LogP contribution in [0.2, 0.25) is 0 Å². The number of unbranched alkanes of at least 4 members (excludes halogenated alkanes) is 4. The van der Waals surface area contributed by atoms with Crippen molar-refractivity contribution in [2.75, 3.05) is 6.54 Å². The molecule has 0 saturated carbocycles. The molecule has 1 rings (SSSR count). The van der Waals surface area contributed by atoms with Gasteiger partial charge in [-0.3, -0.25) is 14.4 Å². The molecule has 0 bridgehead atoms. The molecule has 1 aromatic carbocycles. The lowest BCUT2D eigenvalue weighted by Crippen LogP contribution is -2.47. The largest absolute Gasteiger partial charge is 0.508 e. The van der Waals surface area contributed by atoms with Crippen LogP contribution in [-0.4, -0.2) is 35.4 Å². The fourth-order valence-electron chi connectivity index (χ4n) is 2.69. The first-order valence-electron chi connectivity index (χ1n) is 9.55. The number of rotatable bonds is 13. The average molecular weight is 377 g/mol. The third-order valence-corrected chi connectivity index (χ3v) is 4.22. The number of hydrogen-bond donors (Lipinski definition) is 4. The van der Waals surface area contributed by atoms with Gasteiger partial charge in [-0.2, -0.15) is 0 Å². The van der Waals surface area contributed by atoms with Crippen molar-refractivity contribution in [1.29, 1.82) is 0 Å². The zero-order valence-corrected chi connectivity index (χ0v) is 16.0. The van der Waals surface area contributed by atoms with Crippen LogP contribution in [0.1, 0.15) is 57.4 Å². The summed E-state index contributed by atoms with van der Waals surface area (Å²) in [5, 5.41) is 14.7. The minimum Gasteiger partial charge on any atom is -0.508 e. The number of benzene rings is 1. The SMILES string of the molecule is CCCCCCCC(=O)NC(CC(=O)NCCc1cccc(O)c1)C(N)=O. The third-order valence-electron chi connectivity index (χ3n) is 4.22. The fourth-order valence-corrected chi connectivity index (χ4v) is 2.69. The van der Waals surface area contributed by atoms with E-state index in [4.69, 9.17) is 5.73 Å². The highest BCUT2D eigenvalue weighted by Gasteiger charge is 2.21. The van der Waals surface area contributed by atoms with Crippen LogP contribution in [0.15, 0.2) is 24.3 Å². The number of phenols is 1. The Bertz CT molecular complexity index is 619. The van der Waals surface area contributed by atoms with Crippen LogP contribution in [0.4, 0.5) is 0 Å². The maximum absolute atomic E-state index is 12.0. The Balaban J connectivity index is 2.32. The number of hydrogen-bond acceptors (Lipinski definition) is 4. The Kier molecular flexibility index (Phi) is 10.6. The van der Waals surface area contributed by atoms with Gasteiger partial charge in [0.1, 0.15) is 11.8 Å². The fraction of sp³-hybridized carbons (Fsp3) is 0.550. The van der Waals surface area contributed by atoms with Crippen molar-refractivity contribution in [3.8, 4) is 5.75 Å². The number of primary amides is 1. The molecule has 0 aliphatic carbocycles. The molecule has 0 spiro atoms. The summed E-state index contributed by atoms with van der Waals surface area (Å²) in [6.45, 7) is 2.48. The summed E-state index contributed by atoms with van der Waals surface area (Å²) >= 11 is 0. The molecule has 1 atom stereocenters. The Morgan fingerprint density at radius 1 is 1.11 bits per heavy atom. The molecule has 0 radical (unpaired) electrons. The molecule has 0 saturated heterocycles. The lowest BCUT2D eigenvalue weighted by Gasteiger charge is -2.15. The summed E-state index contributed by atoms with van der Waals surface area (Å²) in [7, 11) is 0. The molecular formula is C20H31N3O4. The van der Waals surface area contributed by atoms with Crippen LogP contribution in [0, 0.1) is 0 Å². The van der Waals surface area contributed by atoms with Gasteiger partial charge in [-0.25, -0.2) is 0 Å². The molecule has 7 heteroatoms. The van der Waals surface area contributed by atoms with E-state index in [-0.39, 0.29) is 24.0 Å². The van der Waals surface area contributed by atoms with Crippen molar-refractivity contribution in [3.63, 3.8) is 0 Å². The first kappa shape index (κ1) is 22.5. The molecule has 0 heterocycles. The Morgan fingerprint density at radius 3 is 2.52 bits per heavy atom. The van der Waals surface area contributed by atoms with Gasteiger partial charge in [0.25, 0.3) is 0 Å². The second-order valence-corrected chi connectivity index (χ2v) is 6.66. The Hall–Kier alpha value is -2.57. The van der Waals surface area contributed by atoms with Crippen LogP contribution >= 0.6 is 0 Å². The third kappa shape index (κ3) is 10.2. The highest BCUT2D eigenvalue weighted by atomic mass is 16.3. The standard InChI is InChI=1S/C20H31N3O4/c1-2-3-4-5-6-10-18(25)23-17(20(21)27)14-19(26)22-12-11-15-8-7-9-16(24)13-15/h7-9,13,17,24H,2-6,10-12,14H2,1H3,(H2,21,27)(H,22,26)(H,23,25). The molecule has 3 amide bonds. The first-order valence-corrected chi connectivity index (χ1v) is 9.55. The normalized spacial score (nSPS) is 11.6. The lowest BCUT2D eigenvalue weighted by molar-refractivity contribution is -0.130. The minimum absolute atomic E-state index is 0.171. The first-order chi connectivity index (χ1) is 12.9. The highest BCUT2D eigenvalue weighted by molar-refractivity contribution is 5.91. The molecule has 0 aliphatic rings. The molecule has 5 N–H and O–H groups in total. The van der Waals surface area contributed by atoms with E-state index in [9.17, 15) is 19.5 Å². The summed E-state index contributed by atoms with van der Waals surface area (Å²) in [5.74, 6) is -1.17. The van der Waals surface area contributed by atoms with E-state index < -0.39 is 11.9 Å². The highest BCUT2D eigenvalue weighted by Crippen LogP contribution is 2.11. The smallest absolute Gasteiger partial charge is 0.240 e. The van der Waals surface area contributed by atoms with Crippen molar-refractivity contribution in [3.05, 3.63) is 29.8 Å².